The fourth-order valence-electron chi connectivity index (χ4n) is 1.27. The van der Waals surface area contributed by atoms with Crippen molar-refractivity contribution in [2.24, 2.45) is 10.7 Å². The maximum absolute atomic E-state index is 5.66. The lowest BCUT2D eigenvalue weighted by Gasteiger charge is -2.15. The summed E-state index contributed by atoms with van der Waals surface area (Å²) in [5.41, 5.74) is 5.66. The Morgan fingerprint density at radius 1 is 1.73 bits per heavy atom. The van der Waals surface area contributed by atoms with E-state index in [2.05, 4.69) is 16.1 Å². The number of hydrogen-bond donors (Lipinski definition) is 1. The molecule has 1 unspecified atom stereocenters. The average Bonchev–Trinajstić information content (AvgIpc) is 2.50. The van der Waals surface area contributed by atoms with Crippen molar-refractivity contribution in [1.82, 2.24) is 4.90 Å². The van der Waals surface area contributed by atoms with Gasteiger partial charge in [-0.1, -0.05) is 0 Å². The Hall–Kier alpha value is -0.380. The number of guanidine groups is 1. The van der Waals surface area contributed by atoms with Gasteiger partial charge in [-0.25, -0.2) is 0 Å². The van der Waals surface area contributed by atoms with Crippen LogP contribution < -0.4 is 5.73 Å². The molecule has 0 aliphatic carbocycles. The third-order valence-corrected chi connectivity index (χ3v) is 3.08. The van der Waals surface area contributed by atoms with Gasteiger partial charge < -0.3 is 10.6 Å². The Bertz CT molecular complexity index is 158. The monoisotopic (exact) mass is 173 g/mol. The first-order valence-corrected chi connectivity index (χ1v) is 5.06. The van der Waals surface area contributed by atoms with Crippen LogP contribution in [0.5, 0.6) is 0 Å². The number of rotatable bonds is 1. The number of hydrogen-bond acceptors (Lipinski definition) is 2. The Morgan fingerprint density at radius 2 is 2.45 bits per heavy atom. The predicted octanol–water partition coefficient (Wildman–Crippen LogP) is 0.368. The molecule has 11 heavy (non-hydrogen) atoms. The maximum atomic E-state index is 5.66. The number of thioether (sulfide) groups is 1. The van der Waals surface area contributed by atoms with E-state index in [-0.39, 0.29) is 0 Å². The van der Waals surface area contributed by atoms with Crippen LogP contribution >= 0.6 is 11.8 Å². The number of aliphatic imine (C=N–C) groups is 1. The topological polar surface area (TPSA) is 41.6 Å². The number of likely N-dealkylation sites (tertiary alicyclic amines) is 1. The van der Waals surface area contributed by atoms with Gasteiger partial charge in [-0.05, 0) is 12.7 Å². The molecule has 1 aliphatic heterocycles. The van der Waals surface area contributed by atoms with E-state index < -0.39 is 0 Å². The van der Waals surface area contributed by atoms with E-state index >= 15 is 0 Å². The Labute approximate surface area is 72.0 Å². The van der Waals surface area contributed by atoms with Gasteiger partial charge >= 0.3 is 0 Å². The summed E-state index contributed by atoms with van der Waals surface area (Å²) in [5, 5.41) is 0.746. The molecule has 3 nitrogen and oxygen atoms in total. The molecule has 1 fully saturated rings. The summed E-state index contributed by atoms with van der Waals surface area (Å²) in [6, 6.07) is 0. The van der Waals surface area contributed by atoms with Crippen LogP contribution in [0.2, 0.25) is 0 Å². The Kier molecular flexibility index (Phi) is 3.05. The van der Waals surface area contributed by atoms with Crippen LogP contribution in [0.4, 0.5) is 0 Å². The van der Waals surface area contributed by atoms with E-state index in [0.29, 0.717) is 5.96 Å². The molecule has 0 radical (unpaired) electrons. The van der Waals surface area contributed by atoms with Gasteiger partial charge in [0.1, 0.15) is 0 Å². The summed E-state index contributed by atoms with van der Waals surface area (Å²) in [6.45, 7) is 2.12. The quantitative estimate of drug-likeness (QED) is 0.460. The summed E-state index contributed by atoms with van der Waals surface area (Å²) < 4.78 is 0. The van der Waals surface area contributed by atoms with E-state index in [1.165, 1.54) is 6.42 Å². The van der Waals surface area contributed by atoms with Crippen LogP contribution in [0.3, 0.4) is 0 Å². The molecule has 0 aromatic heterocycles. The van der Waals surface area contributed by atoms with Gasteiger partial charge in [0.25, 0.3) is 0 Å². The molecular weight excluding hydrogens is 158 g/mol. The summed E-state index contributed by atoms with van der Waals surface area (Å²) in [6.07, 6.45) is 3.38. The zero-order valence-corrected chi connectivity index (χ0v) is 7.90. The van der Waals surface area contributed by atoms with E-state index in [0.717, 1.165) is 18.3 Å². The van der Waals surface area contributed by atoms with Gasteiger partial charge in [0.2, 0.25) is 0 Å². The van der Waals surface area contributed by atoms with Crippen molar-refractivity contribution >= 4 is 17.7 Å². The van der Waals surface area contributed by atoms with Crippen molar-refractivity contribution in [1.29, 1.82) is 0 Å². The molecule has 2 N–H and O–H groups in total. The lowest BCUT2D eigenvalue weighted by Crippen LogP contribution is -2.35. The van der Waals surface area contributed by atoms with E-state index in [1.807, 2.05) is 11.8 Å². The van der Waals surface area contributed by atoms with Gasteiger partial charge in [-0.2, -0.15) is 11.8 Å². The minimum absolute atomic E-state index is 0.682. The van der Waals surface area contributed by atoms with Gasteiger partial charge in [0, 0.05) is 25.4 Å². The van der Waals surface area contributed by atoms with Gasteiger partial charge in [0.15, 0.2) is 5.96 Å². The lowest BCUT2D eigenvalue weighted by molar-refractivity contribution is 0.514. The van der Waals surface area contributed by atoms with Crippen molar-refractivity contribution in [2.45, 2.75) is 11.7 Å². The maximum Gasteiger partial charge on any atom is 0.191 e. The molecule has 0 amide bonds. The SMILES string of the molecule is CN=C(N)N1CCC(SC)C1. The van der Waals surface area contributed by atoms with E-state index in [9.17, 15) is 0 Å². The van der Waals surface area contributed by atoms with Gasteiger partial charge in [0.05, 0.1) is 0 Å². The fraction of sp³-hybridized carbons (Fsp3) is 0.857. The minimum atomic E-state index is 0.682. The van der Waals surface area contributed by atoms with Crippen LogP contribution in [-0.4, -0.2) is 42.5 Å². The predicted molar refractivity (Wildman–Crippen MR) is 51.0 cm³/mol. The zero-order valence-electron chi connectivity index (χ0n) is 7.08. The first kappa shape index (κ1) is 8.71. The molecule has 4 heteroatoms. The smallest absolute Gasteiger partial charge is 0.191 e. The third kappa shape index (κ3) is 2.02. The summed E-state index contributed by atoms with van der Waals surface area (Å²) in [5.74, 6) is 0.682. The highest BCUT2D eigenvalue weighted by atomic mass is 32.2. The second-order valence-electron chi connectivity index (χ2n) is 2.67. The molecule has 0 spiro atoms. The molecule has 1 aliphatic rings. The molecule has 1 saturated heterocycles. The van der Waals surface area contributed by atoms with Crippen molar-refractivity contribution in [2.75, 3.05) is 26.4 Å². The van der Waals surface area contributed by atoms with E-state index in [4.69, 9.17) is 5.73 Å². The molecule has 1 atom stereocenters. The highest BCUT2D eigenvalue weighted by Gasteiger charge is 2.22. The van der Waals surface area contributed by atoms with Gasteiger partial charge in [-0.3, -0.25) is 4.99 Å². The second kappa shape index (κ2) is 3.85. The first-order valence-electron chi connectivity index (χ1n) is 3.78. The second-order valence-corrected chi connectivity index (χ2v) is 3.81. The molecule has 1 rings (SSSR count). The van der Waals surface area contributed by atoms with Crippen molar-refractivity contribution in [3.63, 3.8) is 0 Å². The van der Waals surface area contributed by atoms with Crippen molar-refractivity contribution < 1.29 is 0 Å². The molecule has 64 valence electrons. The third-order valence-electron chi connectivity index (χ3n) is 2.03. The Morgan fingerprint density at radius 3 is 2.91 bits per heavy atom. The molecule has 0 aromatic rings. The lowest BCUT2D eigenvalue weighted by atomic mass is 10.4. The highest BCUT2D eigenvalue weighted by molar-refractivity contribution is 7.99. The Balaban J connectivity index is 2.41. The molecular formula is C7H15N3S. The van der Waals surface area contributed by atoms with Gasteiger partial charge in [-0.15, -0.1) is 0 Å². The standard InChI is InChI=1S/C7H15N3S/c1-9-7(8)10-4-3-6(5-10)11-2/h6H,3-5H2,1-2H3,(H2,8,9). The van der Waals surface area contributed by atoms with Crippen molar-refractivity contribution in [3.05, 3.63) is 0 Å². The van der Waals surface area contributed by atoms with Crippen LogP contribution in [0.1, 0.15) is 6.42 Å². The van der Waals surface area contributed by atoms with E-state index in [1.54, 1.807) is 7.05 Å². The van der Waals surface area contributed by atoms with Crippen LogP contribution in [0.15, 0.2) is 4.99 Å². The molecule has 0 bridgehead atoms. The normalized spacial score (nSPS) is 26.2. The van der Waals surface area contributed by atoms with Crippen LogP contribution in [0, 0.1) is 0 Å². The summed E-state index contributed by atoms with van der Waals surface area (Å²) >= 11 is 1.91. The molecule has 0 aromatic carbocycles. The fourth-order valence-corrected chi connectivity index (χ4v) is 1.94. The van der Waals surface area contributed by atoms with Crippen molar-refractivity contribution in [3.8, 4) is 0 Å². The summed E-state index contributed by atoms with van der Waals surface area (Å²) in [7, 11) is 1.74. The number of nitrogens with zero attached hydrogens (tertiary/aromatic N) is 2. The average molecular weight is 173 g/mol. The summed E-state index contributed by atoms with van der Waals surface area (Å²) in [4.78, 5) is 6.09. The first-order chi connectivity index (χ1) is 5.27. The number of nitrogens with two attached hydrogens (primary N) is 1. The highest BCUT2D eigenvalue weighted by Crippen LogP contribution is 2.19. The molecule has 0 saturated carbocycles. The molecule has 1 heterocycles. The van der Waals surface area contributed by atoms with Crippen LogP contribution in [0.25, 0.3) is 0 Å². The zero-order chi connectivity index (χ0) is 8.27. The van der Waals surface area contributed by atoms with Crippen LogP contribution in [-0.2, 0) is 0 Å². The largest absolute Gasteiger partial charge is 0.370 e. The minimum Gasteiger partial charge on any atom is -0.370 e.